The second-order valence-electron chi connectivity index (χ2n) is 14.1. The first-order valence-corrected chi connectivity index (χ1v) is 16.3. The topological polar surface area (TPSA) is 56.7 Å². The minimum Gasteiger partial charge on any atom is -0.393 e. The molecule has 0 radical (unpaired) electrons. The summed E-state index contributed by atoms with van der Waals surface area (Å²) in [6.07, 6.45) is 13.9. The zero-order valence-corrected chi connectivity index (χ0v) is 24.9. The summed E-state index contributed by atoms with van der Waals surface area (Å²) in [6, 6.07) is 2.16. The predicted molar refractivity (Wildman–Crippen MR) is 155 cm³/mol. The number of hydrogen-bond donors (Lipinski definition) is 1. The molecule has 6 heteroatoms. The lowest BCUT2D eigenvalue weighted by Gasteiger charge is -2.58. The Morgan fingerprint density at radius 1 is 1.13 bits per heavy atom. The lowest BCUT2D eigenvalue weighted by molar-refractivity contribution is -0.132. The molecule has 2 heterocycles. The number of aliphatic hydroxyl groups is 1. The van der Waals surface area contributed by atoms with Crippen LogP contribution in [-0.4, -0.2) is 52.6 Å². The van der Waals surface area contributed by atoms with Crippen LogP contribution in [0.25, 0.3) is 0 Å². The lowest BCUT2D eigenvalue weighted by Crippen LogP contribution is -2.51. The average Bonchev–Trinajstić information content (AvgIpc) is 3.50. The quantitative estimate of drug-likeness (QED) is 0.437. The van der Waals surface area contributed by atoms with E-state index < -0.39 is 0 Å². The Kier molecular flexibility index (Phi) is 7.20. The Bertz CT molecular complexity index is 1060. The molecule has 4 aliphatic carbocycles. The standard InChI is InChI=1S/C32H49N3O2S/c1-21(5-10-29(37)34-15-17-35(18-16-34)30-19-22(2)33-38-30)26-8-9-27-25-7-6-23-20-24(36)11-13-31(23,3)28(25)12-14-32(26,27)4/h6,19,21,24-28,36H,5,7-18,20H2,1-4H3/t21?,24-,25-,26+,27-,28-,31-,32+/m0/s1. The number of carbonyl (C=O) groups is 1. The van der Waals surface area contributed by atoms with Crippen molar-refractivity contribution in [3.8, 4) is 0 Å². The van der Waals surface area contributed by atoms with E-state index in [2.05, 4.69) is 47.1 Å². The third-order valence-electron chi connectivity index (χ3n) is 12.2. The van der Waals surface area contributed by atoms with Gasteiger partial charge in [-0.2, -0.15) is 4.37 Å². The molecule has 0 spiro atoms. The fourth-order valence-corrected chi connectivity index (χ4v) is 10.8. The number of carbonyl (C=O) groups excluding carboxylic acids is 1. The summed E-state index contributed by atoms with van der Waals surface area (Å²) in [5, 5.41) is 11.5. The first-order valence-electron chi connectivity index (χ1n) is 15.5. The number of aryl methyl sites for hydroxylation is 1. The highest BCUT2D eigenvalue weighted by Crippen LogP contribution is 2.67. The highest BCUT2D eigenvalue weighted by Gasteiger charge is 2.59. The van der Waals surface area contributed by atoms with Crippen LogP contribution in [0.4, 0.5) is 5.00 Å². The van der Waals surface area contributed by atoms with E-state index in [9.17, 15) is 9.90 Å². The summed E-state index contributed by atoms with van der Waals surface area (Å²) >= 11 is 1.57. The van der Waals surface area contributed by atoms with E-state index in [4.69, 9.17) is 0 Å². The van der Waals surface area contributed by atoms with Crippen LogP contribution in [0.3, 0.4) is 0 Å². The number of hydrogen-bond acceptors (Lipinski definition) is 5. The van der Waals surface area contributed by atoms with E-state index in [0.29, 0.717) is 29.1 Å². The summed E-state index contributed by atoms with van der Waals surface area (Å²) in [5.41, 5.74) is 3.41. The zero-order valence-electron chi connectivity index (χ0n) is 24.1. The van der Waals surface area contributed by atoms with E-state index in [1.54, 1.807) is 17.1 Å². The molecule has 1 saturated heterocycles. The number of amides is 1. The fraction of sp³-hybridized carbons (Fsp3) is 0.812. The van der Waals surface area contributed by atoms with Gasteiger partial charge in [-0.15, -0.1) is 0 Å². The Morgan fingerprint density at radius 2 is 1.92 bits per heavy atom. The van der Waals surface area contributed by atoms with Crippen molar-refractivity contribution in [1.82, 2.24) is 9.27 Å². The second kappa shape index (κ2) is 10.2. The minimum absolute atomic E-state index is 0.120. The van der Waals surface area contributed by atoms with Crippen molar-refractivity contribution in [3.63, 3.8) is 0 Å². The van der Waals surface area contributed by atoms with Gasteiger partial charge in [0.05, 0.1) is 11.8 Å². The molecule has 38 heavy (non-hydrogen) atoms. The van der Waals surface area contributed by atoms with Crippen molar-refractivity contribution in [2.75, 3.05) is 31.1 Å². The molecular weight excluding hydrogens is 490 g/mol. The molecule has 0 bridgehead atoms. The Balaban J connectivity index is 1.04. The molecule has 5 nitrogen and oxygen atoms in total. The fourth-order valence-electron chi connectivity index (χ4n) is 10.0. The van der Waals surface area contributed by atoms with Crippen LogP contribution in [0.5, 0.6) is 0 Å². The maximum absolute atomic E-state index is 13.2. The van der Waals surface area contributed by atoms with Gasteiger partial charge in [0.2, 0.25) is 5.91 Å². The molecular formula is C32H49N3O2S. The molecule has 0 aromatic carbocycles. The van der Waals surface area contributed by atoms with Gasteiger partial charge in [0.1, 0.15) is 5.00 Å². The number of allylic oxidation sites excluding steroid dienone is 1. The van der Waals surface area contributed by atoms with Crippen molar-refractivity contribution in [2.24, 2.45) is 40.4 Å². The summed E-state index contributed by atoms with van der Waals surface area (Å²) in [5.74, 6) is 4.17. The third kappa shape index (κ3) is 4.56. The predicted octanol–water partition coefficient (Wildman–Crippen LogP) is 6.46. The molecule has 1 aromatic heterocycles. The van der Waals surface area contributed by atoms with Crippen molar-refractivity contribution in [2.45, 2.75) is 98.0 Å². The highest BCUT2D eigenvalue weighted by atomic mass is 32.1. The highest BCUT2D eigenvalue weighted by molar-refractivity contribution is 7.10. The van der Waals surface area contributed by atoms with Crippen LogP contribution in [0, 0.1) is 47.3 Å². The zero-order chi connectivity index (χ0) is 26.7. The molecule has 210 valence electrons. The Morgan fingerprint density at radius 3 is 2.66 bits per heavy atom. The first-order chi connectivity index (χ1) is 18.2. The van der Waals surface area contributed by atoms with E-state index in [1.807, 2.05) is 6.92 Å². The van der Waals surface area contributed by atoms with Crippen LogP contribution in [-0.2, 0) is 4.79 Å². The molecule has 3 saturated carbocycles. The number of aliphatic hydroxyl groups excluding tert-OH is 1. The van der Waals surface area contributed by atoms with Gasteiger partial charge >= 0.3 is 0 Å². The van der Waals surface area contributed by atoms with E-state index in [-0.39, 0.29) is 6.10 Å². The van der Waals surface area contributed by atoms with Crippen LogP contribution in [0.15, 0.2) is 17.7 Å². The van der Waals surface area contributed by atoms with Gasteiger partial charge in [0.15, 0.2) is 0 Å². The largest absolute Gasteiger partial charge is 0.393 e. The maximum Gasteiger partial charge on any atom is 0.222 e. The lowest BCUT2D eigenvalue weighted by atomic mass is 9.47. The van der Waals surface area contributed by atoms with Crippen LogP contribution >= 0.6 is 11.5 Å². The smallest absolute Gasteiger partial charge is 0.222 e. The Hall–Kier alpha value is -1.40. The summed E-state index contributed by atoms with van der Waals surface area (Å²) in [7, 11) is 0. The first kappa shape index (κ1) is 26.8. The van der Waals surface area contributed by atoms with Gasteiger partial charge in [0, 0.05) is 32.6 Å². The van der Waals surface area contributed by atoms with Crippen molar-refractivity contribution in [1.29, 1.82) is 0 Å². The molecule has 1 unspecified atom stereocenters. The van der Waals surface area contributed by atoms with Crippen molar-refractivity contribution in [3.05, 3.63) is 23.4 Å². The minimum atomic E-state index is -0.120. The molecule has 1 amide bonds. The summed E-state index contributed by atoms with van der Waals surface area (Å²) in [4.78, 5) is 17.7. The summed E-state index contributed by atoms with van der Waals surface area (Å²) < 4.78 is 4.42. The Labute approximate surface area is 234 Å². The summed E-state index contributed by atoms with van der Waals surface area (Å²) in [6.45, 7) is 13.2. The van der Waals surface area contributed by atoms with E-state index in [0.717, 1.165) is 74.8 Å². The average molecular weight is 540 g/mol. The van der Waals surface area contributed by atoms with Crippen LogP contribution in [0.1, 0.15) is 90.7 Å². The van der Waals surface area contributed by atoms with Gasteiger partial charge in [0.25, 0.3) is 0 Å². The normalized spacial score (nSPS) is 39.7. The van der Waals surface area contributed by atoms with Gasteiger partial charge in [-0.3, -0.25) is 4.79 Å². The monoisotopic (exact) mass is 539 g/mol. The van der Waals surface area contributed by atoms with E-state index in [1.165, 1.54) is 43.5 Å². The third-order valence-corrected chi connectivity index (χ3v) is 13.2. The molecule has 5 aliphatic rings. The van der Waals surface area contributed by atoms with Gasteiger partial charge in [-0.1, -0.05) is 32.4 Å². The molecule has 8 atom stereocenters. The number of piperazine rings is 1. The second-order valence-corrected chi connectivity index (χ2v) is 14.9. The van der Waals surface area contributed by atoms with E-state index >= 15 is 0 Å². The molecule has 4 fully saturated rings. The SMILES string of the molecule is Cc1cc(N2CCN(C(=O)CCC(C)[C@H]3CC[C@H]4[C@@H]5CC=C6C[C@@H](O)CC[C@]6(C)[C@H]5CC[C@]34C)CC2)sn1. The number of anilines is 1. The van der Waals surface area contributed by atoms with Gasteiger partial charge in [-0.25, -0.2) is 0 Å². The number of fused-ring (bicyclic) bond motifs is 5. The van der Waals surface area contributed by atoms with Crippen molar-refractivity contribution >= 4 is 22.4 Å². The maximum atomic E-state index is 13.2. The molecule has 1 N–H and O–H groups in total. The number of rotatable bonds is 5. The number of nitrogens with zero attached hydrogens (tertiary/aromatic N) is 3. The van der Waals surface area contributed by atoms with Gasteiger partial charge in [-0.05, 0) is 123 Å². The van der Waals surface area contributed by atoms with Crippen LogP contribution in [0.2, 0.25) is 0 Å². The number of aromatic nitrogens is 1. The molecule has 1 aliphatic heterocycles. The van der Waals surface area contributed by atoms with Gasteiger partial charge < -0.3 is 14.9 Å². The molecule has 6 rings (SSSR count). The van der Waals surface area contributed by atoms with Crippen molar-refractivity contribution < 1.29 is 9.90 Å². The van der Waals surface area contributed by atoms with Crippen LogP contribution < -0.4 is 4.90 Å². The molecule has 1 aromatic rings.